The van der Waals surface area contributed by atoms with Crippen molar-refractivity contribution >= 4 is 0 Å². The molecule has 0 radical (unpaired) electrons. The van der Waals surface area contributed by atoms with Crippen molar-refractivity contribution in [1.82, 2.24) is 0 Å². The zero-order valence-electron chi connectivity index (χ0n) is 12.3. The molecule has 0 bridgehead atoms. The normalized spacial score (nSPS) is 36.0. The van der Waals surface area contributed by atoms with Crippen LogP contribution in [0.15, 0.2) is 0 Å². The number of aliphatic hydroxyl groups is 4. The van der Waals surface area contributed by atoms with Crippen LogP contribution in [0.5, 0.6) is 0 Å². The second-order valence-electron chi connectivity index (χ2n) is 5.39. The molecule has 2 unspecified atom stereocenters. The largest absolute Gasteiger partial charge is 0.394 e. The zero-order chi connectivity index (χ0) is 15.1. The van der Waals surface area contributed by atoms with Crippen LogP contribution in [0.25, 0.3) is 0 Å². The molecule has 0 aliphatic carbocycles. The van der Waals surface area contributed by atoms with Gasteiger partial charge in [-0.2, -0.15) is 0 Å². The highest BCUT2D eigenvalue weighted by Crippen LogP contribution is 2.25. The molecule has 0 spiro atoms. The summed E-state index contributed by atoms with van der Waals surface area (Å²) in [6.45, 7) is 3.71. The molecule has 0 aromatic carbocycles. The van der Waals surface area contributed by atoms with Crippen molar-refractivity contribution in [3.05, 3.63) is 0 Å². The molecule has 1 aliphatic heterocycles. The number of unbranched alkanes of at least 4 members (excludes halogenated alkanes) is 1. The maximum absolute atomic E-state index is 9.92. The van der Waals surface area contributed by atoms with Gasteiger partial charge in [-0.1, -0.05) is 33.1 Å². The smallest absolute Gasteiger partial charge is 0.186 e. The van der Waals surface area contributed by atoms with Gasteiger partial charge in [-0.25, -0.2) is 0 Å². The van der Waals surface area contributed by atoms with Gasteiger partial charge in [0.2, 0.25) is 0 Å². The molecular weight excluding hydrogens is 264 g/mol. The van der Waals surface area contributed by atoms with Crippen LogP contribution in [0.1, 0.15) is 46.0 Å². The lowest BCUT2D eigenvalue weighted by Gasteiger charge is -2.40. The van der Waals surface area contributed by atoms with Crippen LogP contribution in [-0.2, 0) is 9.47 Å². The van der Waals surface area contributed by atoms with E-state index in [0.29, 0.717) is 0 Å². The quantitative estimate of drug-likeness (QED) is 0.509. The molecule has 1 fully saturated rings. The van der Waals surface area contributed by atoms with Gasteiger partial charge in [0.15, 0.2) is 6.29 Å². The van der Waals surface area contributed by atoms with Crippen molar-refractivity contribution < 1.29 is 29.9 Å². The van der Waals surface area contributed by atoms with Crippen molar-refractivity contribution in [2.24, 2.45) is 0 Å². The third-order valence-electron chi connectivity index (χ3n) is 3.67. The average Bonchev–Trinajstić information content (AvgIpc) is 2.45. The summed E-state index contributed by atoms with van der Waals surface area (Å²) in [5.74, 6) is 0. The lowest BCUT2D eigenvalue weighted by molar-refractivity contribution is -0.312. The molecule has 1 aliphatic rings. The van der Waals surface area contributed by atoms with Crippen LogP contribution in [0.4, 0.5) is 0 Å². The summed E-state index contributed by atoms with van der Waals surface area (Å²) >= 11 is 0. The molecule has 0 aromatic heterocycles. The number of hydrogen-bond acceptors (Lipinski definition) is 6. The predicted octanol–water partition coefficient (Wildman–Crippen LogP) is 0.162. The van der Waals surface area contributed by atoms with E-state index < -0.39 is 37.3 Å². The van der Waals surface area contributed by atoms with E-state index in [-0.39, 0.29) is 6.10 Å². The first-order valence-corrected chi connectivity index (χ1v) is 7.51. The van der Waals surface area contributed by atoms with Gasteiger partial charge in [-0.05, 0) is 12.8 Å². The van der Waals surface area contributed by atoms with Gasteiger partial charge in [0.1, 0.15) is 24.4 Å². The van der Waals surface area contributed by atoms with Gasteiger partial charge in [-0.15, -0.1) is 0 Å². The van der Waals surface area contributed by atoms with E-state index in [9.17, 15) is 15.3 Å². The predicted molar refractivity (Wildman–Crippen MR) is 73.1 cm³/mol. The maximum Gasteiger partial charge on any atom is 0.186 e. The average molecular weight is 292 g/mol. The van der Waals surface area contributed by atoms with E-state index in [1.807, 2.05) is 0 Å². The Labute approximate surface area is 120 Å². The number of hydrogen-bond donors (Lipinski definition) is 4. The Kier molecular flexibility index (Phi) is 7.94. The first kappa shape index (κ1) is 17.8. The summed E-state index contributed by atoms with van der Waals surface area (Å²) in [6.07, 6.45) is -1.28. The highest BCUT2D eigenvalue weighted by atomic mass is 16.7. The molecule has 120 valence electrons. The minimum absolute atomic E-state index is 0.0543. The maximum atomic E-state index is 9.92. The monoisotopic (exact) mass is 292 g/mol. The summed E-state index contributed by atoms with van der Waals surface area (Å²) in [7, 11) is 0. The van der Waals surface area contributed by atoms with E-state index >= 15 is 0 Å². The molecule has 1 heterocycles. The van der Waals surface area contributed by atoms with Gasteiger partial charge < -0.3 is 29.9 Å². The van der Waals surface area contributed by atoms with Gasteiger partial charge in [0, 0.05) is 0 Å². The fourth-order valence-corrected chi connectivity index (χ4v) is 2.40. The third-order valence-corrected chi connectivity index (χ3v) is 3.67. The summed E-state index contributed by atoms with van der Waals surface area (Å²) in [6, 6.07) is 0. The second-order valence-corrected chi connectivity index (χ2v) is 5.39. The Hall–Kier alpha value is -0.240. The van der Waals surface area contributed by atoms with E-state index in [2.05, 4.69) is 13.8 Å². The van der Waals surface area contributed by atoms with Crippen molar-refractivity contribution in [2.75, 3.05) is 6.61 Å². The van der Waals surface area contributed by atoms with Crippen LogP contribution in [-0.4, -0.2) is 63.8 Å². The molecular formula is C14H28O6. The van der Waals surface area contributed by atoms with Gasteiger partial charge >= 0.3 is 0 Å². The Balaban J connectivity index is 2.62. The SMILES string of the molecule is CCCCC(CCC)OC1O[C@H](CO)[C@H](O)[C@H](O)[C@H]1O. The minimum atomic E-state index is -1.38. The second kappa shape index (κ2) is 8.92. The molecule has 0 aromatic rings. The topological polar surface area (TPSA) is 99.4 Å². The van der Waals surface area contributed by atoms with Crippen LogP contribution in [0, 0.1) is 0 Å². The summed E-state index contributed by atoms with van der Waals surface area (Å²) in [5, 5.41) is 38.5. The molecule has 1 rings (SSSR count). The fourth-order valence-electron chi connectivity index (χ4n) is 2.40. The van der Waals surface area contributed by atoms with Crippen molar-refractivity contribution in [3.63, 3.8) is 0 Å². The van der Waals surface area contributed by atoms with Gasteiger partial charge in [0.05, 0.1) is 12.7 Å². The molecule has 6 atom stereocenters. The van der Waals surface area contributed by atoms with Crippen LogP contribution < -0.4 is 0 Å². The lowest BCUT2D eigenvalue weighted by Crippen LogP contribution is -2.59. The Bertz CT molecular complexity index is 260. The molecule has 1 saturated heterocycles. The summed E-state index contributed by atoms with van der Waals surface area (Å²) in [5.41, 5.74) is 0. The summed E-state index contributed by atoms with van der Waals surface area (Å²) < 4.78 is 11.1. The minimum Gasteiger partial charge on any atom is -0.394 e. The standard InChI is InChI=1S/C14H28O6/c1-3-5-7-9(6-4-2)19-14-13(18)12(17)11(16)10(8-15)20-14/h9-18H,3-8H2,1-2H3/t9?,10-,11+,12+,13-,14?/m1/s1. The highest BCUT2D eigenvalue weighted by molar-refractivity contribution is 4.89. The van der Waals surface area contributed by atoms with Crippen LogP contribution in [0.2, 0.25) is 0 Å². The number of rotatable bonds is 8. The van der Waals surface area contributed by atoms with Gasteiger partial charge in [0.25, 0.3) is 0 Å². The first-order chi connectivity index (χ1) is 9.54. The fraction of sp³-hybridized carbons (Fsp3) is 1.00. The van der Waals surface area contributed by atoms with Crippen LogP contribution in [0.3, 0.4) is 0 Å². The molecule has 4 N–H and O–H groups in total. The Morgan fingerprint density at radius 1 is 1.00 bits per heavy atom. The number of aliphatic hydroxyl groups excluding tert-OH is 4. The molecule has 0 saturated carbocycles. The van der Waals surface area contributed by atoms with Gasteiger partial charge in [-0.3, -0.25) is 0 Å². The highest BCUT2D eigenvalue weighted by Gasteiger charge is 2.44. The van der Waals surface area contributed by atoms with Crippen molar-refractivity contribution in [3.8, 4) is 0 Å². The third kappa shape index (κ3) is 4.65. The zero-order valence-corrected chi connectivity index (χ0v) is 12.3. The van der Waals surface area contributed by atoms with E-state index in [1.54, 1.807) is 0 Å². The Morgan fingerprint density at radius 2 is 1.70 bits per heavy atom. The Morgan fingerprint density at radius 3 is 2.25 bits per heavy atom. The van der Waals surface area contributed by atoms with Crippen molar-refractivity contribution in [1.29, 1.82) is 0 Å². The molecule has 6 heteroatoms. The van der Waals surface area contributed by atoms with Crippen molar-refractivity contribution in [2.45, 2.75) is 82.8 Å². The number of ether oxygens (including phenoxy) is 2. The summed E-state index contributed by atoms with van der Waals surface area (Å²) in [4.78, 5) is 0. The lowest BCUT2D eigenvalue weighted by atomic mass is 9.99. The molecule has 0 amide bonds. The van der Waals surface area contributed by atoms with E-state index in [4.69, 9.17) is 14.6 Å². The van der Waals surface area contributed by atoms with E-state index in [0.717, 1.165) is 32.1 Å². The first-order valence-electron chi connectivity index (χ1n) is 7.51. The van der Waals surface area contributed by atoms with E-state index in [1.165, 1.54) is 0 Å². The van der Waals surface area contributed by atoms with Crippen LogP contribution >= 0.6 is 0 Å². The molecule has 6 nitrogen and oxygen atoms in total. The molecule has 20 heavy (non-hydrogen) atoms.